The molecule has 0 bridgehead atoms. The number of alkyl carbamates (subject to hydrolysis) is 2. The third-order valence-electron chi connectivity index (χ3n) is 11.6. The van der Waals surface area contributed by atoms with Gasteiger partial charge in [-0.15, -0.1) is 0 Å². The van der Waals surface area contributed by atoms with Crippen LogP contribution < -0.4 is 10.6 Å². The zero-order valence-corrected chi connectivity index (χ0v) is 34.1. The summed E-state index contributed by atoms with van der Waals surface area (Å²) in [5, 5.41) is 7.62. The van der Waals surface area contributed by atoms with Crippen LogP contribution >= 0.6 is 0 Å². The summed E-state index contributed by atoms with van der Waals surface area (Å²) >= 11 is 0. The predicted molar refractivity (Wildman–Crippen MR) is 222 cm³/mol. The molecule has 0 spiro atoms. The first-order valence-corrected chi connectivity index (χ1v) is 20.3. The van der Waals surface area contributed by atoms with Crippen molar-refractivity contribution in [1.82, 2.24) is 40.4 Å². The largest absolute Gasteiger partial charge is 0.453 e. The molecule has 7 rings (SSSR count). The molecule has 5 aromatic rings. The number of nitrogens with one attached hydrogen (secondary N) is 4. The lowest BCUT2D eigenvalue weighted by Crippen LogP contribution is -2.53. The number of aromatic amines is 2. The molecule has 0 radical (unpaired) electrons. The lowest BCUT2D eigenvalue weighted by Gasteiger charge is -2.37. The van der Waals surface area contributed by atoms with E-state index in [0.29, 0.717) is 13.1 Å². The maximum absolute atomic E-state index is 13.8. The predicted octanol–water partition coefficient (Wildman–Crippen LogP) is 7.64. The number of imidazole rings is 2. The first kappa shape index (κ1) is 40.3. The minimum Gasteiger partial charge on any atom is -0.453 e. The average Bonchev–Trinajstić information content (AvgIpc) is 3.91. The van der Waals surface area contributed by atoms with Crippen LogP contribution in [0.3, 0.4) is 0 Å². The highest BCUT2D eigenvalue weighted by molar-refractivity contribution is 5.92. The highest BCUT2D eigenvalue weighted by Gasteiger charge is 2.37. The fourth-order valence-electron chi connectivity index (χ4n) is 8.33. The molecular weight excluding hydrogens is 737 g/mol. The standard InChI is InChI=1S/C44H54N8O6/c1-25(2)37(49-43(55)57-5)41(53)51-19-9-7-11-35(51)39-45-24-34(48-39)31-16-15-27-21-28(13-14-29(27)22-31)30-17-18-32-33(23-30)47-40(46-32)36-12-8-10-20-52(36)42(54)38(26(3)4)50-44(56)58-6/h13-18,21-26,35-38H,7-12,19-20H2,1-6H3,(H,45,48)(H,46,47)(H,49,55)(H,50,56)/t35-,36-,37-,38-/m0/s1. The van der Waals surface area contributed by atoms with Crippen molar-refractivity contribution in [2.75, 3.05) is 27.3 Å². The van der Waals surface area contributed by atoms with E-state index in [1.54, 1.807) is 0 Å². The normalized spacial score (nSPS) is 18.3. The van der Waals surface area contributed by atoms with Gasteiger partial charge in [-0.25, -0.2) is 19.6 Å². The van der Waals surface area contributed by atoms with Gasteiger partial charge in [0, 0.05) is 18.7 Å². The number of hydrogen-bond donors (Lipinski definition) is 4. The lowest BCUT2D eigenvalue weighted by atomic mass is 9.97. The molecule has 14 heteroatoms. The average molecular weight is 791 g/mol. The van der Waals surface area contributed by atoms with Crippen LogP contribution in [0.25, 0.3) is 44.2 Å². The number of hydrogen-bond acceptors (Lipinski definition) is 8. The van der Waals surface area contributed by atoms with Gasteiger partial charge in [-0.2, -0.15) is 0 Å². The van der Waals surface area contributed by atoms with Crippen LogP contribution in [0.2, 0.25) is 0 Å². The Morgan fingerprint density at radius 1 is 0.672 bits per heavy atom. The van der Waals surface area contributed by atoms with Crippen LogP contribution in [0.1, 0.15) is 90.0 Å². The van der Waals surface area contributed by atoms with Crippen molar-refractivity contribution in [3.63, 3.8) is 0 Å². The number of nitrogens with zero attached hydrogens (tertiary/aromatic N) is 4. The molecule has 306 valence electrons. The number of piperidine rings is 2. The number of fused-ring (bicyclic) bond motifs is 2. The molecule has 0 aliphatic carbocycles. The molecule has 0 unspecified atom stereocenters. The summed E-state index contributed by atoms with van der Waals surface area (Å²) in [6.45, 7) is 8.83. The molecule has 4 atom stereocenters. The minimum absolute atomic E-state index is 0.111. The highest BCUT2D eigenvalue weighted by atomic mass is 16.5. The van der Waals surface area contributed by atoms with Gasteiger partial charge >= 0.3 is 12.2 Å². The van der Waals surface area contributed by atoms with Gasteiger partial charge in [0.1, 0.15) is 23.7 Å². The summed E-state index contributed by atoms with van der Waals surface area (Å²) in [6, 6.07) is 17.1. The van der Waals surface area contributed by atoms with E-state index in [-0.39, 0.29) is 35.7 Å². The number of benzene rings is 3. The van der Waals surface area contributed by atoms with Crippen molar-refractivity contribution in [1.29, 1.82) is 0 Å². The smallest absolute Gasteiger partial charge is 0.407 e. The Bertz CT molecular complexity index is 2300. The van der Waals surface area contributed by atoms with Crippen LogP contribution in [0.5, 0.6) is 0 Å². The first-order valence-electron chi connectivity index (χ1n) is 20.3. The minimum atomic E-state index is -0.698. The quantitative estimate of drug-likeness (QED) is 0.112. The number of carbonyl (C=O) groups excluding carboxylic acids is 4. The summed E-state index contributed by atoms with van der Waals surface area (Å²) in [7, 11) is 2.59. The molecule has 2 saturated heterocycles. The van der Waals surface area contributed by atoms with Crippen molar-refractivity contribution in [2.24, 2.45) is 11.8 Å². The Morgan fingerprint density at radius 2 is 1.19 bits per heavy atom. The fourth-order valence-corrected chi connectivity index (χ4v) is 8.33. The summed E-state index contributed by atoms with van der Waals surface area (Å²) in [4.78, 5) is 72.1. The zero-order valence-electron chi connectivity index (χ0n) is 34.1. The molecule has 2 aliphatic heterocycles. The zero-order chi connectivity index (χ0) is 41.1. The van der Waals surface area contributed by atoms with E-state index in [0.717, 1.165) is 94.4 Å². The number of likely N-dealkylation sites (tertiary alicyclic amines) is 2. The summed E-state index contributed by atoms with van der Waals surface area (Å²) < 4.78 is 9.59. The number of rotatable bonds is 10. The molecule has 0 saturated carbocycles. The van der Waals surface area contributed by atoms with E-state index in [1.165, 1.54) is 14.2 Å². The number of aromatic nitrogens is 4. The number of ether oxygens (including phenoxy) is 2. The van der Waals surface area contributed by atoms with Crippen LogP contribution in [0.15, 0.2) is 60.8 Å². The Morgan fingerprint density at radius 3 is 1.76 bits per heavy atom. The topological polar surface area (TPSA) is 175 Å². The van der Waals surface area contributed by atoms with E-state index >= 15 is 0 Å². The Kier molecular flexibility index (Phi) is 12.0. The molecule has 14 nitrogen and oxygen atoms in total. The van der Waals surface area contributed by atoms with Crippen molar-refractivity contribution < 1.29 is 28.7 Å². The van der Waals surface area contributed by atoms with Crippen molar-refractivity contribution in [3.05, 3.63) is 72.4 Å². The van der Waals surface area contributed by atoms with Crippen molar-refractivity contribution in [2.45, 2.75) is 90.4 Å². The van der Waals surface area contributed by atoms with Crippen molar-refractivity contribution in [3.8, 4) is 22.4 Å². The molecule has 2 fully saturated rings. The summed E-state index contributed by atoms with van der Waals surface area (Å²) in [5.74, 6) is 0.984. The van der Waals surface area contributed by atoms with Gasteiger partial charge in [-0.3, -0.25) is 9.59 Å². The first-order chi connectivity index (χ1) is 27.9. The van der Waals surface area contributed by atoms with E-state index in [1.807, 2.05) is 49.8 Å². The molecule has 2 aromatic heterocycles. The third-order valence-corrected chi connectivity index (χ3v) is 11.6. The van der Waals surface area contributed by atoms with Gasteiger partial charge in [0.15, 0.2) is 0 Å². The highest BCUT2D eigenvalue weighted by Crippen LogP contribution is 2.35. The monoisotopic (exact) mass is 790 g/mol. The number of methoxy groups -OCH3 is 2. The number of carbonyl (C=O) groups is 4. The van der Waals surface area contributed by atoms with Gasteiger partial charge in [0.05, 0.1) is 49.2 Å². The molecule has 4 heterocycles. The third kappa shape index (κ3) is 8.37. The molecular formula is C44H54N8O6. The van der Waals surface area contributed by atoms with E-state index in [4.69, 9.17) is 19.4 Å². The van der Waals surface area contributed by atoms with E-state index in [9.17, 15) is 19.2 Å². The van der Waals surface area contributed by atoms with Crippen LogP contribution in [0.4, 0.5) is 9.59 Å². The van der Waals surface area contributed by atoms with Crippen LogP contribution in [0, 0.1) is 11.8 Å². The van der Waals surface area contributed by atoms with E-state index < -0.39 is 24.3 Å². The van der Waals surface area contributed by atoms with Gasteiger partial charge < -0.3 is 39.9 Å². The number of amides is 4. The van der Waals surface area contributed by atoms with Gasteiger partial charge in [-0.1, -0.05) is 58.0 Å². The Hall–Kier alpha value is -5.92. The maximum Gasteiger partial charge on any atom is 0.407 e. The molecule has 58 heavy (non-hydrogen) atoms. The van der Waals surface area contributed by atoms with Gasteiger partial charge in [-0.05, 0) is 96.5 Å². The number of H-pyrrole nitrogens is 2. The summed E-state index contributed by atoms with van der Waals surface area (Å²) in [5.41, 5.74) is 5.68. The lowest BCUT2D eigenvalue weighted by molar-refractivity contribution is -0.139. The van der Waals surface area contributed by atoms with Gasteiger partial charge in [0.2, 0.25) is 11.8 Å². The van der Waals surface area contributed by atoms with Crippen LogP contribution in [-0.2, 0) is 19.1 Å². The van der Waals surface area contributed by atoms with Crippen molar-refractivity contribution >= 4 is 45.8 Å². The molecule has 4 amide bonds. The fraction of sp³-hybridized carbons (Fsp3) is 0.455. The SMILES string of the molecule is COC(=O)N[C@H](C(=O)N1CCCC[C@H]1c1ncc(-c2ccc3cc(-c4ccc5nc([C@@H]6CCCCN6C(=O)[C@@H](NC(=O)OC)C(C)C)[nH]c5c4)ccc3c2)[nH]1)C(C)C. The maximum atomic E-state index is 13.8. The molecule has 4 N–H and O–H groups in total. The van der Waals surface area contributed by atoms with E-state index in [2.05, 4.69) is 69.1 Å². The van der Waals surface area contributed by atoms with Crippen LogP contribution in [-0.4, -0.2) is 93.1 Å². The van der Waals surface area contributed by atoms with Gasteiger partial charge in [0.25, 0.3) is 0 Å². The second-order valence-corrected chi connectivity index (χ2v) is 16.1. The second-order valence-electron chi connectivity index (χ2n) is 16.1. The molecule has 3 aromatic carbocycles. The second kappa shape index (κ2) is 17.3. The Balaban J connectivity index is 1.09. The Labute approximate surface area is 338 Å². The summed E-state index contributed by atoms with van der Waals surface area (Å²) in [6.07, 6.45) is 5.88. The molecule has 2 aliphatic rings.